The first-order valence-corrected chi connectivity index (χ1v) is 7.10. The highest BCUT2D eigenvalue weighted by Crippen LogP contribution is 2.22. The average Bonchev–Trinajstić information content (AvgIpc) is 2.86. The number of amides is 1. The zero-order chi connectivity index (χ0) is 16.1. The fourth-order valence-electron chi connectivity index (χ4n) is 2.00. The molecule has 6 nitrogen and oxygen atoms in total. The summed E-state index contributed by atoms with van der Waals surface area (Å²) in [6.45, 7) is 0.473. The molecular formula is C15H18ClN3O3. The Balaban J connectivity index is 1.96. The molecule has 0 aliphatic rings. The maximum Gasteiger partial charge on any atom is 0.256 e. The van der Waals surface area contributed by atoms with Crippen molar-refractivity contribution >= 4 is 17.5 Å². The van der Waals surface area contributed by atoms with Crippen LogP contribution in [0.4, 0.5) is 0 Å². The highest BCUT2D eigenvalue weighted by atomic mass is 35.5. The van der Waals surface area contributed by atoms with Gasteiger partial charge in [0.05, 0.1) is 26.0 Å². The van der Waals surface area contributed by atoms with E-state index < -0.39 is 0 Å². The summed E-state index contributed by atoms with van der Waals surface area (Å²) in [6.07, 6.45) is 2.10. The minimum Gasteiger partial charge on any atom is -0.497 e. The van der Waals surface area contributed by atoms with Crippen molar-refractivity contribution in [1.82, 2.24) is 15.1 Å². The lowest BCUT2D eigenvalue weighted by Crippen LogP contribution is -2.25. The van der Waals surface area contributed by atoms with E-state index in [2.05, 4.69) is 10.4 Å². The molecule has 0 radical (unpaired) electrons. The lowest BCUT2D eigenvalue weighted by Gasteiger charge is -2.09. The lowest BCUT2D eigenvalue weighted by molar-refractivity contribution is 0.0954. The number of methoxy groups -OCH3 is 2. The van der Waals surface area contributed by atoms with Crippen molar-refractivity contribution in [3.05, 3.63) is 40.7 Å². The van der Waals surface area contributed by atoms with Crippen molar-refractivity contribution in [1.29, 1.82) is 0 Å². The third-order valence-electron chi connectivity index (χ3n) is 3.22. The van der Waals surface area contributed by atoms with Gasteiger partial charge in [-0.1, -0.05) is 11.6 Å². The Bertz CT molecular complexity index is 648. The Kier molecular flexibility index (Phi) is 5.27. The number of aryl methyl sites for hydroxylation is 1. The first-order valence-electron chi connectivity index (χ1n) is 6.72. The maximum absolute atomic E-state index is 12.0. The van der Waals surface area contributed by atoms with E-state index in [9.17, 15) is 4.79 Å². The number of carbonyl (C=O) groups excluding carboxylic acids is 1. The number of halogens is 1. The molecule has 2 rings (SSSR count). The molecule has 0 unspecified atom stereocenters. The molecule has 1 N–H and O–H groups in total. The van der Waals surface area contributed by atoms with E-state index in [1.165, 1.54) is 10.9 Å². The fraction of sp³-hybridized carbons (Fsp3) is 0.333. The molecule has 0 fully saturated rings. The number of nitrogens with one attached hydrogen (secondary N) is 1. The summed E-state index contributed by atoms with van der Waals surface area (Å²) in [5.74, 6) is 1.19. The van der Waals surface area contributed by atoms with Crippen molar-refractivity contribution in [2.75, 3.05) is 20.8 Å². The summed E-state index contributed by atoms with van der Waals surface area (Å²) < 4.78 is 11.9. The number of rotatable bonds is 6. The first-order chi connectivity index (χ1) is 10.5. The van der Waals surface area contributed by atoms with E-state index in [0.717, 1.165) is 17.1 Å². The predicted octanol–water partition coefficient (Wildman–Crippen LogP) is 2.06. The van der Waals surface area contributed by atoms with Crippen LogP contribution in [0.15, 0.2) is 24.4 Å². The maximum atomic E-state index is 12.0. The van der Waals surface area contributed by atoms with Crippen LogP contribution in [0.2, 0.25) is 5.15 Å². The number of nitrogens with zero attached hydrogens (tertiary/aromatic N) is 2. The van der Waals surface area contributed by atoms with Gasteiger partial charge in [0.2, 0.25) is 0 Å². The van der Waals surface area contributed by atoms with Gasteiger partial charge in [0.1, 0.15) is 16.7 Å². The molecule has 1 aromatic heterocycles. The molecule has 0 spiro atoms. The van der Waals surface area contributed by atoms with Crippen molar-refractivity contribution in [2.24, 2.45) is 7.05 Å². The zero-order valence-electron chi connectivity index (χ0n) is 12.7. The monoisotopic (exact) mass is 323 g/mol. The third-order valence-corrected chi connectivity index (χ3v) is 3.67. The van der Waals surface area contributed by atoms with E-state index in [1.807, 2.05) is 12.1 Å². The molecule has 7 heteroatoms. The third kappa shape index (κ3) is 3.71. The van der Waals surface area contributed by atoms with Crippen molar-refractivity contribution in [3.8, 4) is 11.5 Å². The van der Waals surface area contributed by atoms with Crippen LogP contribution < -0.4 is 14.8 Å². The number of hydrogen-bond donors (Lipinski definition) is 1. The van der Waals surface area contributed by atoms with Crippen LogP contribution >= 0.6 is 11.6 Å². The summed E-state index contributed by atoms with van der Waals surface area (Å²) in [6, 6.07) is 5.62. The summed E-state index contributed by atoms with van der Waals surface area (Å²) >= 11 is 5.99. The molecule has 1 aromatic carbocycles. The van der Waals surface area contributed by atoms with E-state index in [0.29, 0.717) is 23.7 Å². The average molecular weight is 324 g/mol. The highest BCUT2D eigenvalue weighted by molar-refractivity contribution is 6.32. The Labute approximate surface area is 134 Å². The van der Waals surface area contributed by atoms with Crippen molar-refractivity contribution in [2.45, 2.75) is 6.42 Å². The number of benzene rings is 1. The molecule has 0 aliphatic heterocycles. The summed E-state index contributed by atoms with van der Waals surface area (Å²) in [5, 5.41) is 7.08. The van der Waals surface area contributed by atoms with Gasteiger partial charge >= 0.3 is 0 Å². The summed E-state index contributed by atoms with van der Waals surface area (Å²) in [7, 11) is 4.89. The normalized spacial score (nSPS) is 10.4. The van der Waals surface area contributed by atoms with Gasteiger partial charge in [0, 0.05) is 19.7 Å². The molecule has 0 aliphatic carbocycles. The molecule has 0 saturated heterocycles. The van der Waals surface area contributed by atoms with Crippen LogP contribution in [0.3, 0.4) is 0 Å². The second-order valence-corrected chi connectivity index (χ2v) is 5.06. The molecular weight excluding hydrogens is 306 g/mol. The van der Waals surface area contributed by atoms with Crippen LogP contribution in [-0.4, -0.2) is 36.5 Å². The van der Waals surface area contributed by atoms with Crippen molar-refractivity contribution < 1.29 is 14.3 Å². The first kappa shape index (κ1) is 16.2. The second-order valence-electron chi connectivity index (χ2n) is 4.70. The number of hydrogen-bond acceptors (Lipinski definition) is 4. The van der Waals surface area contributed by atoms with Gasteiger partial charge in [0.15, 0.2) is 0 Å². The van der Waals surface area contributed by atoms with Gasteiger partial charge in [-0.05, 0) is 24.1 Å². The number of aromatic nitrogens is 2. The smallest absolute Gasteiger partial charge is 0.256 e. The fourth-order valence-corrected chi connectivity index (χ4v) is 2.18. The van der Waals surface area contributed by atoms with Crippen LogP contribution in [0.1, 0.15) is 15.9 Å². The van der Waals surface area contributed by atoms with Gasteiger partial charge in [-0.25, -0.2) is 0 Å². The van der Waals surface area contributed by atoms with Gasteiger partial charge in [-0.3, -0.25) is 9.48 Å². The molecule has 118 valence electrons. The number of carbonyl (C=O) groups is 1. The Morgan fingerprint density at radius 2 is 1.91 bits per heavy atom. The van der Waals surface area contributed by atoms with Crippen molar-refractivity contribution in [3.63, 3.8) is 0 Å². The quantitative estimate of drug-likeness (QED) is 0.883. The lowest BCUT2D eigenvalue weighted by atomic mass is 10.1. The minimum atomic E-state index is -0.243. The van der Waals surface area contributed by atoms with E-state index in [-0.39, 0.29) is 5.91 Å². The molecule has 1 amide bonds. The van der Waals surface area contributed by atoms with Crippen LogP contribution in [0.5, 0.6) is 11.5 Å². The van der Waals surface area contributed by atoms with E-state index in [4.69, 9.17) is 21.1 Å². The van der Waals surface area contributed by atoms with E-state index in [1.54, 1.807) is 27.3 Å². The zero-order valence-corrected chi connectivity index (χ0v) is 13.5. The second kappa shape index (κ2) is 7.17. The molecule has 0 atom stereocenters. The van der Waals surface area contributed by atoms with E-state index >= 15 is 0 Å². The van der Waals surface area contributed by atoms with Gasteiger partial charge < -0.3 is 14.8 Å². The number of ether oxygens (including phenoxy) is 2. The van der Waals surface area contributed by atoms with Crippen LogP contribution in [0, 0.1) is 0 Å². The molecule has 2 aromatic rings. The summed E-state index contributed by atoms with van der Waals surface area (Å²) in [4.78, 5) is 12.0. The predicted molar refractivity (Wildman–Crippen MR) is 83.8 cm³/mol. The molecule has 1 heterocycles. The Hall–Kier alpha value is -2.21. The largest absolute Gasteiger partial charge is 0.497 e. The standard InChI is InChI=1S/C15H18ClN3O3/c1-19-14(16)13(9-18-19)15(20)17-5-4-10-6-11(21-2)8-12(7-10)22-3/h6-9H,4-5H2,1-3H3,(H,17,20). The van der Waals surface area contributed by atoms with Gasteiger partial charge in [-0.2, -0.15) is 5.10 Å². The van der Waals surface area contributed by atoms with Gasteiger partial charge in [-0.15, -0.1) is 0 Å². The Morgan fingerprint density at radius 1 is 1.27 bits per heavy atom. The Morgan fingerprint density at radius 3 is 2.41 bits per heavy atom. The van der Waals surface area contributed by atoms with Crippen LogP contribution in [0.25, 0.3) is 0 Å². The highest BCUT2D eigenvalue weighted by Gasteiger charge is 2.13. The topological polar surface area (TPSA) is 65.4 Å². The SMILES string of the molecule is COc1cc(CCNC(=O)c2cnn(C)c2Cl)cc(OC)c1. The summed E-state index contributed by atoms with van der Waals surface area (Å²) in [5.41, 5.74) is 1.38. The minimum absolute atomic E-state index is 0.243. The molecule has 0 saturated carbocycles. The molecule has 22 heavy (non-hydrogen) atoms. The van der Waals surface area contributed by atoms with Crippen LogP contribution in [-0.2, 0) is 13.5 Å². The van der Waals surface area contributed by atoms with Gasteiger partial charge in [0.25, 0.3) is 5.91 Å². The molecule has 0 bridgehead atoms.